The number of hydrogen-bond donors (Lipinski definition) is 1. The Morgan fingerprint density at radius 3 is 2.72 bits per heavy atom. The van der Waals surface area contributed by atoms with Gasteiger partial charge < -0.3 is 5.32 Å². The van der Waals surface area contributed by atoms with Crippen molar-refractivity contribution in [1.29, 1.82) is 0 Å². The van der Waals surface area contributed by atoms with E-state index in [0.29, 0.717) is 6.42 Å². The Kier molecular flexibility index (Phi) is 4.10. The number of nitrogens with zero attached hydrogens (tertiary/aromatic N) is 2. The first-order chi connectivity index (χ1) is 8.69. The van der Waals surface area contributed by atoms with Crippen LogP contribution < -0.4 is 5.32 Å². The van der Waals surface area contributed by atoms with Crippen molar-refractivity contribution in [2.45, 2.75) is 18.9 Å². The van der Waals surface area contributed by atoms with Gasteiger partial charge in [-0.3, -0.25) is 4.68 Å². The van der Waals surface area contributed by atoms with Gasteiger partial charge in [-0.1, -0.05) is 18.2 Å². The van der Waals surface area contributed by atoms with Crippen LogP contribution >= 0.6 is 0 Å². The number of benzene rings is 1. The number of aryl methyl sites for hydroxylation is 1. The number of hydrogen-bond acceptors (Lipinski definition) is 2. The van der Waals surface area contributed by atoms with E-state index in [2.05, 4.69) is 10.4 Å². The normalized spacial score (nSPS) is 12.6. The maximum Gasteiger partial charge on any atom is 0.126 e. The van der Waals surface area contributed by atoms with E-state index in [9.17, 15) is 4.39 Å². The highest BCUT2D eigenvalue weighted by atomic mass is 19.1. The van der Waals surface area contributed by atoms with Crippen molar-refractivity contribution >= 4 is 0 Å². The average molecular weight is 247 g/mol. The minimum Gasteiger partial charge on any atom is -0.316 e. The van der Waals surface area contributed by atoms with E-state index in [1.54, 1.807) is 10.7 Å². The highest BCUT2D eigenvalue weighted by Crippen LogP contribution is 2.12. The molecule has 1 atom stereocenters. The third kappa shape index (κ3) is 3.17. The molecule has 0 radical (unpaired) electrons. The Morgan fingerprint density at radius 1 is 1.33 bits per heavy atom. The molecule has 1 heterocycles. The zero-order valence-corrected chi connectivity index (χ0v) is 10.7. The maximum absolute atomic E-state index is 13.6. The SMILES string of the molecule is CNC(Cc1cnn(C)c1)Cc1ccccc1F. The standard InChI is InChI=1S/C14H18FN3/c1-16-13(7-11-9-17-18(2)10-11)8-12-5-3-4-6-14(12)15/h3-6,9-10,13,16H,7-8H2,1-2H3. The highest BCUT2D eigenvalue weighted by Gasteiger charge is 2.11. The lowest BCUT2D eigenvalue weighted by molar-refractivity contribution is 0.532. The van der Waals surface area contributed by atoms with E-state index in [0.717, 1.165) is 17.5 Å². The predicted molar refractivity (Wildman–Crippen MR) is 69.9 cm³/mol. The van der Waals surface area contributed by atoms with Crippen LogP contribution in [-0.4, -0.2) is 22.9 Å². The lowest BCUT2D eigenvalue weighted by Gasteiger charge is -2.15. The summed E-state index contributed by atoms with van der Waals surface area (Å²) in [4.78, 5) is 0. The van der Waals surface area contributed by atoms with E-state index in [4.69, 9.17) is 0 Å². The fourth-order valence-corrected chi connectivity index (χ4v) is 2.07. The van der Waals surface area contributed by atoms with Crippen molar-refractivity contribution in [2.24, 2.45) is 7.05 Å². The third-order valence-electron chi connectivity index (χ3n) is 3.07. The van der Waals surface area contributed by atoms with Crippen LogP contribution in [0.2, 0.25) is 0 Å². The van der Waals surface area contributed by atoms with Crippen LogP contribution in [0, 0.1) is 5.82 Å². The van der Waals surface area contributed by atoms with Crippen molar-refractivity contribution in [3.63, 3.8) is 0 Å². The molecule has 2 rings (SSSR count). The van der Waals surface area contributed by atoms with Crippen molar-refractivity contribution < 1.29 is 4.39 Å². The molecule has 4 heteroatoms. The number of aromatic nitrogens is 2. The van der Waals surface area contributed by atoms with Crippen molar-refractivity contribution in [1.82, 2.24) is 15.1 Å². The molecule has 0 aliphatic heterocycles. The van der Waals surface area contributed by atoms with Crippen LogP contribution in [0.15, 0.2) is 36.7 Å². The predicted octanol–water partition coefficient (Wildman–Crippen LogP) is 1.93. The third-order valence-corrected chi connectivity index (χ3v) is 3.07. The second-order valence-corrected chi connectivity index (χ2v) is 4.51. The molecule has 3 nitrogen and oxygen atoms in total. The number of likely N-dealkylation sites (N-methyl/N-ethyl adjacent to an activating group) is 1. The summed E-state index contributed by atoms with van der Waals surface area (Å²) in [5.74, 6) is -0.135. The average Bonchev–Trinajstić information content (AvgIpc) is 2.76. The van der Waals surface area contributed by atoms with Gasteiger partial charge in [0.1, 0.15) is 5.82 Å². The minimum absolute atomic E-state index is 0.135. The largest absolute Gasteiger partial charge is 0.316 e. The van der Waals surface area contributed by atoms with E-state index in [1.807, 2.05) is 38.6 Å². The van der Waals surface area contributed by atoms with E-state index in [1.165, 1.54) is 6.07 Å². The number of halogens is 1. The molecule has 0 saturated carbocycles. The Morgan fingerprint density at radius 2 is 2.11 bits per heavy atom. The summed E-state index contributed by atoms with van der Waals surface area (Å²) in [6.45, 7) is 0. The number of nitrogens with one attached hydrogen (secondary N) is 1. The highest BCUT2D eigenvalue weighted by molar-refractivity contribution is 5.19. The van der Waals surface area contributed by atoms with Gasteiger partial charge in [-0.15, -0.1) is 0 Å². The zero-order chi connectivity index (χ0) is 13.0. The molecule has 0 bridgehead atoms. The fourth-order valence-electron chi connectivity index (χ4n) is 2.07. The molecule has 0 aliphatic rings. The first-order valence-electron chi connectivity index (χ1n) is 6.07. The molecular formula is C14H18FN3. The van der Waals surface area contributed by atoms with E-state index in [-0.39, 0.29) is 11.9 Å². The molecule has 1 N–H and O–H groups in total. The minimum atomic E-state index is -0.135. The zero-order valence-electron chi connectivity index (χ0n) is 10.7. The summed E-state index contributed by atoms with van der Waals surface area (Å²) in [5, 5.41) is 7.38. The van der Waals surface area contributed by atoms with Gasteiger partial charge in [0.15, 0.2) is 0 Å². The monoisotopic (exact) mass is 247 g/mol. The second-order valence-electron chi connectivity index (χ2n) is 4.51. The molecule has 1 unspecified atom stereocenters. The maximum atomic E-state index is 13.6. The summed E-state index contributed by atoms with van der Waals surface area (Å²) in [6.07, 6.45) is 5.37. The van der Waals surface area contributed by atoms with Gasteiger partial charge in [-0.2, -0.15) is 5.10 Å². The Bertz CT molecular complexity index is 507. The van der Waals surface area contributed by atoms with Crippen LogP contribution in [0.5, 0.6) is 0 Å². The molecule has 0 saturated heterocycles. The van der Waals surface area contributed by atoms with Gasteiger partial charge in [0.05, 0.1) is 6.20 Å². The van der Waals surface area contributed by atoms with Gasteiger partial charge in [0.2, 0.25) is 0 Å². The van der Waals surface area contributed by atoms with Gasteiger partial charge in [-0.25, -0.2) is 4.39 Å². The van der Waals surface area contributed by atoms with Crippen LogP contribution in [0.25, 0.3) is 0 Å². The Hall–Kier alpha value is -1.68. The molecule has 96 valence electrons. The van der Waals surface area contributed by atoms with Crippen molar-refractivity contribution in [3.05, 3.63) is 53.6 Å². The summed E-state index contributed by atoms with van der Waals surface area (Å²) in [5.41, 5.74) is 1.91. The molecule has 0 amide bonds. The molecule has 2 aromatic rings. The van der Waals surface area contributed by atoms with Crippen LogP contribution in [0.1, 0.15) is 11.1 Å². The molecule has 1 aromatic carbocycles. The molecule has 0 spiro atoms. The molecule has 0 aliphatic carbocycles. The van der Waals surface area contributed by atoms with Gasteiger partial charge >= 0.3 is 0 Å². The lowest BCUT2D eigenvalue weighted by Crippen LogP contribution is -2.30. The van der Waals surface area contributed by atoms with Gasteiger partial charge in [0, 0.05) is 19.3 Å². The van der Waals surface area contributed by atoms with E-state index < -0.39 is 0 Å². The van der Waals surface area contributed by atoms with Crippen LogP contribution in [0.3, 0.4) is 0 Å². The summed E-state index contributed by atoms with van der Waals surface area (Å²) < 4.78 is 15.4. The Labute approximate surface area is 107 Å². The lowest BCUT2D eigenvalue weighted by atomic mass is 10.0. The second kappa shape index (κ2) is 5.78. The molecular weight excluding hydrogens is 229 g/mol. The summed E-state index contributed by atoms with van der Waals surface area (Å²) >= 11 is 0. The summed E-state index contributed by atoms with van der Waals surface area (Å²) in [7, 11) is 3.80. The van der Waals surface area contributed by atoms with Gasteiger partial charge in [0.25, 0.3) is 0 Å². The smallest absolute Gasteiger partial charge is 0.126 e. The first kappa shape index (κ1) is 12.8. The topological polar surface area (TPSA) is 29.9 Å². The molecule has 0 fully saturated rings. The van der Waals surface area contributed by atoms with Crippen molar-refractivity contribution in [2.75, 3.05) is 7.05 Å². The fraction of sp³-hybridized carbons (Fsp3) is 0.357. The number of rotatable bonds is 5. The van der Waals surface area contributed by atoms with Crippen molar-refractivity contribution in [3.8, 4) is 0 Å². The first-order valence-corrected chi connectivity index (χ1v) is 6.07. The molecule has 18 heavy (non-hydrogen) atoms. The van der Waals surface area contributed by atoms with Crippen LogP contribution in [0.4, 0.5) is 4.39 Å². The van der Waals surface area contributed by atoms with Gasteiger partial charge in [-0.05, 0) is 37.1 Å². The molecule has 1 aromatic heterocycles. The van der Waals surface area contributed by atoms with Crippen LogP contribution in [-0.2, 0) is 19.9 Å². The van der Waals surface area contributed by atoms with E-state index >= 15 is 0 Å². The summed E-state index contributed by atoms with van der Waals surface area (Å²) in [6, 6.07) is 7.14. The Balaban J connectivity index is 2.04. The quantitative estimate of drug-likeness (QED) is 0.875.